The number of hydrogen-bond acceptors (Lipinski definition) is 2. The van der Waals surface area contributed by atoms with E-state index in [1.807, 2.05) is 18.2 Å². The zero-order valence-electron chi connectivity index (χ0n) is 9.22. The SMILES string of the molecule is C=C(Br)COc1ccc(CNCC)cc1Cl. The molecule has 0 atom stereocenters. The van der Waals surface area contributed by atoms with E-state index in [1.54, 1.807) is 0 Å². The van der Waals surface area contributed by atoms with Gasteiger partial charge in [0.05, 0.1) is 5.02 Å². The standard InChI is InChI=1S/C12H15BrClNO/c1-3-15-7-10-4-5-12(11(14)6-10)16-8-9(2)13/h4-6,15H,2-3,7-8H2,1H3. The van der Waals surface area contributed by atoms with Crippen molar-refractivity contribution in [1.82, 2.24) is 5.32 Å². The van der Waals surface area contributed by atoms with E-state index in [4.69, 9.17) is 16.3 Å². The zero-order chi connectivity index (χ0) is 12.0. The van der Waals surface area contributed by atoms with Crippen LogP contribution in [-0.4, -0.2) is 13.2 Å². The lowest BCUT2D eigenvalue weighted by Crippen LogP contribution is -2.11. The molecule has 0 aliphatic rings. The molecule has 16 heavy (non-hydrogen) atoms. The molecule has 0 amide bonds. The minimum Gasteiger partial charge on any atom is -0.487 e. The van der Waals surface area contributed by atoms with Crippen molar-refractivity contribution in [3.05, 3.63) is 39.8 Å². The van der Waals surface area contributed by atoms with Crippen LogP contribution in [-0.2, 0) is 6.54 Å². The Morgan fingerprint density at radius 2 is 2.31 bits per heavy atom. The molecule has 0 radical (unpaired) electrons. The van der Waals surface area contributed by atoms with Crippen molar-refractivity contribution in [2.24, 2.45) is 0 Å². The van der Waals surface area contributed by atoms with Gasteiger partial charge in [-0.05, 0) is 24.2 Å². The normalized spacial score (nSPS) is 10.2. The lowest BCUT2D eigenvalue weighted by molar-refractivity contribution is 0.361. The van der Waals surface area contributed by atoms with Gasteiger partial charge in [0.15, 0.2) is 0 Å². The third-order valence-corrected chi connectivity index (χ3v) is 2.48. The molecule has 0 aromatic heterocycles. The van der Waals surface area contributed by atoms with Crippen molar-refractivity contribution in [1.29, 1.82) is 0 Å². The molecule has 0 aliphatic heterocycles. The summed E-state index contributed by atoms with van der Waals surface area (Å²) in [5.41, 5.74) is 1.15. The molecule has 0 bridgehead atoms. The van der Waals surface area contributed by atoms with E-state index in [2.05, 4.69) is 34.7 Å². The molecule has 0 fully saturated rings. The summed E-state index contributed by atoms with van der Waals surface area (Å²) in [5.74, 6) is 0.683. The van der Waals surface area contributed by atoms with Gasteiger partial charge in [-0.1, -0.05) is 47.1 Å². The fourth-order valence-electron chi connectivity index (χ4n) is 1.20. The van der Waals surface area contributed by atoms with Crippen LogP contribution in [0.3, 0.4) is 0 Å². The number of nitrogens with one attached hydrogen (secondary N) is 1. The van der Waals surface area contributed by atoms with E-state index >= 15 is 0 Å². The van der Waals surface area contributed by atoms with Crippen molar-refractivity contribution in [2.45, 2.75) is 13.5 Å². The van der Waals surface area contributed by atoms with Gasteiger partial charge in [-0.25, -0.2) is 0 Å². The average molecular weight is 305 g/mol. The van der Waals surface area contributed by atoms with E-state index in [-0.39, 0.29) is 0 Å². The maximum Gasteiger partial charge on any atom is 0.138 e. The second-order valence-corrected chi connectivity index (χ2v) is 4.88. The van der Waals surface area contributed by atoms with Crippen LogP contribution in [0.2, 0.25) is 5.02 Å². The van der Waals surface area contributed by atoms with Crippen LogP contribution in [0, 0.1) is 0 Å². The molecular formula is C12H15BrClNO. The van der Waals surface area contributed by atoms with Crippen molar-refractivity contribution < 1.29 is 4.74 Å². The minimum absolute atomic E-state index is 0.423. The topological polar surface area (TPSA) is 21.3 Å². The van der Waals surface area contributed by atoms with Crippen LogP contribution in [0.4, 0.5) is 0 Å². The van der Waals surface area contributed by atoms with Gasteiger partial charge in [0, 0.05) is 11.0 Å². The van der Waals surface area contributed by atoms with Crippen LogP contribution in [0.25, 0.3) is 0 Å². The number of benzene rings is 1. The first-order chi connectivity index (χ1) is 7.63. The zero-order valence-corrected chi connectivity index (χ0v) is 11.6. The Bertz CT molecular complexity index is 368. The Morgan fingerprint density at radius 1 is 1.56 bits per heavy atom. The smallest absolute Gasteiger partial charge is 0.138 e. The molecule has 4 heteroatoms. The van der Waals surface area contributed by atoms with Gasteiger partial charge >= 0.3 is 0 Å². The summed E-state index contributed by atoms with van der Waals surface area (Å²) in [5, 5.41) is 3.87. The number of hydrogen-bond donors (Lipinski definition) is 1. The molecule has 1 aromatic carbocycles. The highest BCUT2D eigenvalue weighted by Crippen LogP contribution is 2.26. The van der Waals surface area contributed by atoms with Crippen molar-refractivity contribution in [3.8, 4) is 5.75 Å². The fraction of sp³-hybridized carbons (Fsp3) is 0.333. The van der Waals surface area contributed by atoms with Gasteiger partial charge in [0.25, 0.3) is 0 Å². The quantitative estimate of drug-likeness (QED) is 0.864. The summed E-state index contributed by atoms with van der Waals surface area (Å²) in [6.45, 7) is 7.95. The summed E-state index contributed by atoms with van der Waals surface area (Å²) < 4.78 is 6.25. The van der Waals surface area contributed by atoms with E-state index < -0.39 is 0 Å². The summed E-state index contributed by atoms with van der Waals surface area (Å²) >= 11 is 9.33. The second-order valence-electron chi connectivity index (χ2n) is 3.35. The highest BCUT2D eigenvalue weighted by atomic mass is 79.9. The first-order valence-corrected chi connectivity index (χ1v) is 6.25. The van der Waals surface area contributed by atoms with Crippen LogP contribution in [0.15, 0.2) is 29.3 Å². The van der Waals surface area contributed by atoms with Crippen LogP contribution < -0.4 is 10.1 Å². The van der Waals surface area contributed by atoms with E-state index in [1.165, 1.54) is 0 Å². The van der Waals surface area contributed by atoms with E-state index in [0.29, 0.717) is 17.4 Å². The molecule has 0 saturated carbocycles. The van der Waals surface area contributed by atoms with Crippen molar-refractivity contribution in [3.63, 3.8) is 0 Å². The van der Waals surface area contributed by atoms with Gasteiger partial charge < -0.3 is 10.1 Å². The third-order valence-electron chi connectivity index (χ3n) is 1.96. The Morgan fingerprint density at radius 3 is 2.88 bits per heavy atom. The molecule has 1 aromatic rings. The first-order valence-electron chi connectivity index (χ1n) is 5.08. The molecule has 0 heterocycles. The molecule has 0 unspecified atom stereocenters. The third kappa shape index (κ3) is 4.56. The second kappa shape index (κ2) is 6.94. The Hall–Kier alpha value is -0.510. The monoisotopic (exact) mass is 303 g/mol. The largest absolute Gasteiger partial charge is 0.487 e. The Kier molecular flexibility index (Phi) is 5.88. The average Bonchev–Trinajstić information content (AvgIpc) is 2.24. The van der Waals surface area contributed by atoms with Crippen LogP contribution in [0.5, 0.6) is 5.75 Å². The van der Waals surface area contributed by atoms with Crippen LogP contribution in [0.1, 0.15) is 12.5 Å². The Labute approximate surface area is 110 Å². The highest BCUT2D eigenvalue weighted by Gasteiger charge is 2.03. The van der Waals surface area contributed by atoms with Crippen molar-refractivity contribution >= 4 is 27.5 Å². The molecule has 0 aliphatic carbocycles. The van der Waals surface area contributed by atoms with E-state index in [0.717, 1.165) is 23.1 Å². The molecule has 0 spiro atoms. The Balaban J connectivity index is 2.63. The lowest BCUT2D eigenvalue weighted by Gasteiger charge is -2.09. The van der Waals surface area contributed by atoms with Gasteiger partial charge in [0.2, 0.25) is 0 Å². The fourth-order valence-corrected chi connectivity index (χ4v) is 1.57. The maximum atomic E-state index is 6.09. The maximum absolute atomic E-state index is 6.09. The molecular weight excluding hydrogens is 289 g/mol. The van der Waals surface area contributed by atoms with Gasteiger partial charge in [-0.3, -0.25) is 0 Å². The number of ether oxygens (including phenoxy) is 1. The van der Waals surface area contributed by atoms with Gasteiger partial charge in [-0.15, -0.1) is 0 Å². The van der Waals surface area contributed by atoms with Gasteiger partial charge in [0.1, 0.15) is 12.4 Å². The summed E-state index contributed by atoms with van der Waals surface area (Å²) in [6.07, 6.45) is 0. The molecule has 1 N–H and O–H groups in total. The van der Waals surface area contributed by atoms with Crippen molar-refractivity contribution in [2.75, 3.05) is 13.2 Å². The summed E-state index contributed by atoms with van der Waals surface area (Å²) in [6, 6.07) is 5.79. The molecule has 0 saturated heterocycles. The molecule has 88 valence electrons. The molecule has 1 rings (SSSR count). The lowest BCUT2D eigenvalue weighted by atomic mass is 10.2. The minimum atomic E-state index is 0.423. The van der Waals surface area contributed by atoms with Gasteiger partial charge in [-0.2, -0.15) is 0 Å². The summed E-state index contributed by atoms with van der Waals surface area (Å²) in [7, 11) is 0. The first kappa shape index (κ1) is 13.6. The predicted molar refractivity (Wildman–Crippen MR) is 72.4 cm³/mol. The van der Waals surface area contributed by atoms with E-state index in [9.17, 15) is 0 Å². The highest BCUT2D eigenvalue weighted by molar-refractivity contribution is 9.11. The number of rotatable bonds is 6. The molecule has 2 nitrogen and oxygen atoms in total. The predicted octanol–water partition coefficient (Wildman–Crippen LogP) is 3.74. The number of halogens is 2. The van der Waals surface area contributed by atoms with Crippen LogP contribution >= 0.6 is 27.5 Å². The summed E-state index contributed by atoms with van der Waals surface area (Å²) in [4.78, 5) is 0.